The van der Waals surface area contributed by atoms with Gasteiger partial charge in [0.2, 0.25) is 5.91 Å². The highest BCUT2D eigenvalue weighted by Gasteiger charge is 2.19. The molecule has 0 fully saturated rings. The molecule has 1 atom stereocenters. The van der Waals surface area contributed by atoms with Gasteiger partial charge < -0.3 is 14.6 Å². The molecular weight excluding hydrogens is 412 g/mol. The number of nitrogens with one attached hydrogen (secondary N) is 1. The minimum absolute atomic E-state index is 0.0118. The first-order valence-corrected chi connectivity index (χ1v) is 10.9. The Morgan fingerprint density at radius 3 is 2.52 bits per heavy atom. The number of aromatic nitrogens is 3. The molecule has 8 heteroatoms. The highest BCUT2D eigenvalue weighted by Crippen LogP contribution is 2.27. The lowest BCUT2D eigenvalue weighted by molar-refractivity contribution is -0.113. The van der Waals surface area contributed by atoms with Crippen molar-refractivity contribution in [3.63, 3.8) is 0 Å². The molecule has 0 aliphatic heterocycles. The second-order valence-corrected chi connectivity index (χ2v) is 8.27. The van der Waals surface area contributed by atoms with E-state index in [2.05, 4.69) is 15.5 Å². The molecule has 3 aromatic rings. The number of rotatable bonds is 8. The van der Waals surface area contributed by atoms with E-state index in [9.17, 15) is 9.59 Å². The number of carbonyl (C=O) groups is 2. The summed E-state index contributed by atoms with van der Waals surface area (Å²) in [5.41, 5.74) is 3.51. The van der Waals surface area contributed by atoms with E-state index < -0.39 is 0 Å². The van der Waals surface area contributed by atoms with Crippen molar-refractivity contribution < 1.29 is 14.3 Å². The minimum atomic E-state index is -0.291. The van der Waals surface area contributed by atoms with Crippen LogP contribution in [0.3, 0.4) is 0 Å². The predicted octanol–water partition coefficient (Wildman–Crippen LogP) is 4.51. The molecular formula is C23H26N4O3S. The molecule has 1 unspecified atom stereocenters. The van der Waals surface area contributed by atoms with Crippen molar-refractivity contribution >= 4 is 29.1 Å². The number of nitrogens with zero attached hydrogens (tertiary/aromatic N) is 3. The lowest BCUT2D eigenvalue weighted by Crippen LogP contribution is -2.15. The molecule has 0 aliphatic rings. The van der Waals surface area contributed by atoms with Crippen LogP contribution in [0.1, 0.15) is 47.3 Å². The van der Waals surface area contributed by atoms with Gasteiger partial charge in [-0.05, 0) is 69.2 Å². The number of aryl methyl sites for hydroxylation is 1. The summed E-state index contributed by atoms with van der Waals surface area (Å²) in [5, 5.41) is 11.9. The molecule has 0 spiro atoms. The first-order chi connectivity index (χ1) is 14.8. The molecule has 162 valence electrons. The molecule has 0 saturated heterocycles. The molecule has 1 amide bonds. The van der Waals surface area contributed by atoms with Crippen molar-refractivity contribution in [2.45, 2.75) is 39.0 Å². The van der Waals surface area contributed by atoms with Crippen LogP contribution in [-0.2, 0) is 11.8 Å². The van der Waals surface area contributed by atoms with Crippen LogP contribution >= 0.6 is 11.8 Å². The number of carbonyl (C=O) groups excluding carboxylic acids is 2. The molecule has 1 heterocycles. The molecule has 0 aliphatic carbocycles. The third-order valence-electron chi connectivity index (χ3n) is 5.00. The zero-order chi connectivity index (χ0) is 22.5. The normalized spacial score (nSPS) is 11.8. The number of ketones is 1. The number of hydrogen-bond donors (Lipinski definition) is 1. The Morgan fingerprint density at radius 2 is 1.84 bits per heavy atom. The lowest BCUT2D eigenvalue weighted by atomic mass is 10.1. The summed E-state index contributed by atoms with van der Waals surface area (Å²) in [6.07, 6.45) is -0.291. The summed E-state index contributed by atoms with van der Waals surface area (Å²) < 4.78 is 7.94. The molecule has 3 rings (SSSR count). The second-order valence-electron chi connectivity index (χ2n) is 7.33. The van der Waals surface area contributed by atoms with E-state index in [4.69, 9.17) is 4.74 Å². The molecule has 31 heavy (non-hydrogen) atoms. The largest absolute Gasteiger partial charge is 0.482 e. The van der Waals surface area contributed by atoms with Crippen LogP contribution in [0.5, 0.6) is 5.75 Å². The van der Waals surface area contributed by atoms with E-state index in [1.165, 1.54) is 24.2 Å². The maximum atomic E-state index is 12.3. The Kier molecular flexibility index (Phi) is 7.12. The number of Topliss-reactive ketones (excluding diaryl/α,β-unsaturated/α-hetero) is 1. The van der Waals surface area contributed by atoms with Gasteiger partial charge in [0.15, 0.2) is 22.9 Å². The third-order valence-corrected chi connectivity index (χ3v) is 6.02. The van der Waals surface area contributed by atoms with Crippen molar-refractivity contribution in [3.05, 3.63) is 65.0 Å². The van der Waals surface area contributed by atoms with E-state index in [1.54, 1.807) is 24.3 Å². The Morgan fingerprint density at radius 1 is 1.13 bits per heavy atom. The molecule has 0 bridgehead atoms. The van der Waals surface area contributed by atoms with Gasteiger partial charge in [0.25, 0.3) is 0 Å². The number of anilines is 1. The molecule has 2 aromatic carbocycles. The zero-order valence-corrected chi connectivity index (χ0v) is 19.1. The molecule has 0 radical (unpaired) electrons. The maximum absolute atomic E-state index is 12.3. The summed E-state index contributed by atoms with van der Waals surface area (Å²) in [7, 11) is 1.86. The summed E-state index contributed by atoms with van der Waals surface area (Å²) in [5.74, 6) is 1.52. The zero-order valence-electron chi connectivity index (χ0n) is 18.3. The average molecular weight is 439 g/mol. The quantitative estimate of drug-likeness (QED) is 0.411. The Labute approximate surface area is 186 Å². The minimum Gasteiger partial charge on any atom is -0.482 e. The van der Waals surface area contributed by atoms with Crippen LogP contribution in [0.25, 0.3) is 0 Å². The highest BCUT2D eigenvalue weighted by atomic mass is 32.2. The van der Waals surface area contributed by atoms with Crippen molar-refractivity contribution in [1.82, 2.24) is 14.8 Å². The van der Waals surface area contributed by atoms with Crippen molar-refractivity contribution in [2.75, 3.05) is 11.1 Å². The topological polar surface area (TPSA) is 86.1 Å². The Hall–Kier alpha value is -3.13. The van der Waals surface area contributed by atoms with E-state index in [1.807, 2.05) is 50.6 Å². The van der Waals surface area contributed by atoms with Crippen molar-refractivity contribution in [3.8, 4) is 5.75 Å². The SMILES string of the molecule is CC(=O)c1ccc(NC(=O)CSc2nnc(C(C)Oc3cccc(C)c3C)n2C)cc1. The number of thioether (sulfide) groups is 1. The highest BCUT2D eigenvalue weighted by molar-refractivity contribution is 7.99. The summed E-state index contributed by atoms with van der Waals surface area (Å²) >= 11 is 1.30. The van der Waals surface area contributed by atoms with E-state index in [0.29, 0.717) is 22.2 Å². The van der Waals surface area contributed by atoms with Gasteiger partial charge in [0.1, 0.15) is 5.75 Å². The average Bonchev–Trinajstić information content (AvgIpc) is 3.10. The summed E-state index contributed by atoms with van der Waals surface area (Å²) in [6.45, 7) is 7.51. The first kappa shape index (κ1) is 22.6. The van der Waals surface area contributed by atoms with E-state index >= 15 is 0 Å². The monoisotopic (exact) mass is 438 g/mol. The number of hydrogen-bond acceptors (Lipinski definition) is 6. The fourth-order valence-electron chi connectivity index (χ4n) is 3.02. The molecule has 7 nitrogen and oxygen atoms in total. The molecule has 1 aromatic heterocycles. The van der Waals surface area contributed by atoms with Crippen LogP contribution in [-0.4, -0.2) is 32.2 Å². The number of benzene rings is 2. The summed E-state index contributed by atoms with van der Waals surface area (Å²) in [4.78, 5) is 23.6. The van der Waals surface area contributed by atoms with Gasteiger partial charge in [0.05, 0.1) is 5.75 Å². The van der Waals surface area contributed by atoms with Gasteiger partial charge >= 0.3 is 0 Å². The molecule has 1 N–H and O–H groups in total. The number of amides is 1. The van der Waals surface area contributed by atoms with Gasteiger partial charge in [-0.15, -0.1) is 10.2 Å². The van der Waals surface area contributed by atoms with Crippen LogP contribution in [0.15, 0.2) is 47.6 Å². The van der Waals surface area contributed by atoms with E-state index in [0.717, 1.165) is 11.3 Å². The van der Waals surface area contributed by atoms with Crippen LogP contribution in [0, 0.1) is 13.8 Å². The van der Waals surface area contributed by atoms with Gasteiger partial charge in [-0.3, -0.25) is 9.59 Å². The third kappa shape index (κ3) is 5.52. The Bertz CT molecular complexity index is 1090. The van der Waals surface area contributed by atoms with Crippen molar-refractivity contribution in [2.24, 2.45) is 7.05 Å². The Balaban J connectivity index is 1.59. The van der Waals surface area contributed by atoms with Gasteiger partial charge in [-0.1, -0.05) is 23.9 Å². The molecule has 0 saturated carbocycles. The fraction of sp³-hybridized carbons (Fsp3) is 0.304. The van der Waals surface area contributed by atoms with Gasteiger partial charge in [-0.2, -0.15) is 0 Å². The lowest BCUT2D eigenvalue weighted by Gasteiger charge is -2.16. The van der Waals surface area contributed by atoms with Crippen molar-refractivity contribution in [1.29, 1.82) is 0 Å². The second kappa shape index (κ2) is 9.78. The maximum Gasteiger partial charge on any atom is 0.234 e. The smallest absolute Gasteiger partial charge is 0.234 e. The number of ether oxygens (including phenoxy) is 1. The van der Waals surface area contributed by atoms with Crippen LogP contribution < -0.4 is 10.1 Å². The first-order valence-electron chi connectivity index (χ1n) is 9.92. The van der Waals surface area contributed by atoms with E-state index in [-0.39, 0.29) is 23.5 Å². The fourth-order valence-corrected chi connectivity index (χ4v) is 3.73. The van der Waals surface area contributed by atoms with Crippen LogP contribution in [0.2, 0.25) is 0 Å². The van der Waals surface area contributed by atoms with Gasteiger partial charge in [-0.25, -0.2) is 0 Å². The predicted molar refractivity (Wildman–Crippen MR) is 122 cm³/mol. The summed E-state index contributed by atoms with van der Waals surface area (Å²) in [6, 6.07) is 12.8. The van der Waals surface area contributed by atoms with Gasteiger partial charge in [0, 0.05) is 18.3 Å². The standard InChI is InChI=1S/C23H26N4O3S/c1-14-7-6-8-20(15(14)2)30-17(4)22-25-26-23(27(22)5)31-13-21(29)24-19-11-9-18(10-12-19)16(3)28/h6-12,17H,13H2,1-5H3,(H,24,29). The van der Waals surface area contributed by atoms with Crippen LogP contribution in [0.4, 0.5) is 5.69 Å².